The molecule has 1 rings (SSSR count). The Morgan fingerprint density at radius 2 is 2.62 bits per heavy atom. The second kappa shape index (κ2) is 3.90. The van der Waals surface area contributed by atoms with E-state index in [4.69, 9.17) is 5.73 Å². The summed E-state index contributed by atoms with van der Waals surface area (Å²) in [5.41, 5.74) is 5.42. The molecule has 13 heavy (non-hydrogen) atoms. The molecule has 0 aliphatic rings. The molecule has 0 amide bonds. The number of aliphatic hydroxyl groups is 1. The van der Waals surface area contributed by atoms with Crippen molar-refractivity contribution >= 4 is 11.9 Å². The summed E-state index contributed by atoms with van der Waals surface area (Å²) in [6.45, 7) is 0.0541. The fraction of sp³-hybridized carbons (Fsp3) is 0.429. The van der Waals surface area contributed by atoms with E-state index in [1.165, 1.54) is 17.9 Å². The van der Waals surface area contributed by atoms with Crippen LogP contribution in [0.1, 0.15) is 0 Å². The third-order valence-corrected chi connectivity index (χ3v) is 1.59. The summed E-state index contributed by atoms with van der Waals surface area (Å²) in [5, 5.41) is 9.24. The van der Waals surface area contributed by atoms with Gasteiger partial charge in [-0.05, 0) is 0 Å². The van der Waals surface area contributed by atoms with Crippen molar-refractivity contribution in [3.05, 3.63) is 12.4 Å². The van der Waals surface area contributed by atoms with Gasteiger partial charge in [-0.3, -0.25) is 0 Å². The number of nitrogens with two attached hydrogens (primary N) is 1. The smallest absolute Gasteiger partial charge is 0.336 e. The highest BCUT2D eigenvalue weighted by Gasteiger charge is 2.16. The van der Waals surface area contributed by atoms with E-state index >= 15 is 0 Å². The molecule has 1 unspecified atom stereocenters. The first-order valence-corrected chi connectivity index (χ1v) is 3.67. The van der Waals surface area contributed by atoms with Crippen LogP contribution in [0.2, 0.25) is 0 Å². The van der Waals surface area contributed by atoms with Gasteiger partial charge in [-0.25, -0.2) is 9.78 Å². The molecule has 72 valence electrons. The molecule has 6 heteroatoms. The summed E-state index contributed by atoms with van der Waals surface area (Å²) >= 11 is 0. The molecule has 6 nitrogen and oxygen atoms in total. The van der Waals surface area contributed by atoms with Crippen molar-refractivity contribution in [3.63, 3.8) is 0 Å². The number of carbonyl (C=O) groups is 1. The standard InChI is InChI=1S/C7H11N3O3/c1-13-6(12)5(11)4-10-3-2-9-7(10)8/h2-3,5,11H,4H2,1H3,(H2,8,9). The first kappa shape index (κ1) is 9.53. The highest BCUT2D eigenvalue weighted by Crippen LogP contribution is 2.01. The molecule has 0 spiro atoms. The van der Waals surface area contributed by atoms with E-state index in [1.54, 1.807) is 6.20 Å². The Hall–Kier alpha value is -1.56. The first-order valence-electron chi connectivity index (χ1n) is 3.67. The fourth-order valence-corrected chi connectivity index (χ4v) is 0.892. The summed E-state index contributed by atoms with van der Waals surface area (Å²) in [6, 6.07) is 0. The van der Waals surface area contributed by atoms with E-state index in [2.05, 4.69) is 9.72 Å². The van der Waals surface area contributed by atoms with Crippen molar-refractivity contribution in [2.24, 2.45) is 0 Å². The number of hydrogen-bond donors (Lipinski definition) is 2. The molecule has 1 aromatic heterocycles. The van der Waals surface area contributed by atoms with Crippen LogP contribution in [-0.4, -0.2) is 33.8 Å². The van der Waals surface area contributed by atoms with Crippen molar-refractivity contribution in [3.8, 4) is 0 Å². The largest absolute Gasteiger partial charge is 0.467 e. The predicted octanol–water partition coefficient (Wildman–Crippen LogP) is -1.00. The van der Waals surface area contributed by atoms with Crippen LogP contribution in [0.25, 0.3) is 0 Å². The molecule has 0 aliphatic heterocycles. The van der Waals surface area contributed by atoms with Gasteiger partial charge in [0.2, 0.25) is 0 Å². The number of anilines is 1. The van der Waals surface area contributed by atoms with Gasteiger partial charge in [0.15, 0.2) is 12.1 Å². The molecule has 0 bridgehead atoms. The van der Waals surface area contributed by atoms with Crippen molar-refractivity contribution in [2.45, 2.75) is 12.6 Å². The molecule has 3 N–H and O–H groups in total. The maximum Gasteiger partial charge on any atom is 0.336 e. The number of aliphatic hydroxyl groups excluding tert-OH is 1. The van der Waals surface area contributed by atoms with Gasteiger partial charge < -0.3 is 20.1 Å². The Labute approximate surface area is 74.9 Å². The zero-order valence-electron chi connectivity index (χ0n) is 7.17. The number of imidazole rings is 1. The number of methoxy groups -OCH3 is 1. The molecule has 1 heterocycles. The van der Waals surface area contributed by atoms with E-state index in [0.29, 0.717) is 0 Å². The molecular weight excluding hydrogens is 174 g/mol. The van der Waals surface area contributed by atoms with Crippen molar-refractivity contribution in [1.29, 1.82) is 0 Å². The number of hydrogen-bond acceptors (Lipinski definition) is 5. The quantitative estimate of drug-likeness (QED) is 0.589. The lowest BCUT2D eigenvalue weighted by molar-refractivity contribution is -0.151. The van der Waals surface area contributed by atoms with Gasteiger partial charge in [-0.1, -0.05) is 0 Å². The van der Waals surface area contributed by atoms with Gasteiger partial charge in [0.05, 0.1) is 13.7 Å². The Balaban J connectivity index is 2.59. The van der Waals surface area contributed by atoms with Crippen LogP contribution in [0, 0.1) is 0 Å². The summed E-state index contributed by atoms with van der Waals surface area (Å²) in [6.07, 6.45) is 1.85. The van der Waals surface area contributed by atoms with E-state index in [9.17, 15) is 9.90 Å². The zero-order chi connectivity index (χ0) is 9.84. The fourth-order valence-electron chi connectivity index (χ4n) is 0.892. The van der Waals surface area contributed by atoms with E-state index < -0.39 is 12.1 Å². The Morgan fingerprint density at radius 1 is 1.92 bits per heavy atom. The highest BCUT2D eigenvalue weighted by atomic mass is 16.5. The van der Waals surface area contributed by atoms with Gasteiger partial charge in [0.1, 0.15) is 0 Å². The summed E-state index contributed by atoms with van der Waals surface area (Å²) in [7, 11) is 1.21. The molecule has 0 fully saturated rings. The Kier molecular flexibility index (Phi) is 2.86. The topological polar surface area (TPSA) is 90.4 Å². The molecule has 0 saturated heterocycles. The highest BCUT2D eigenvalue weighted by molar-refractivity contribution is 5.74. The number of esters is 1. The molecule has 0 aliphatic carbocycles. The van der Waals surface area contributed by atoms with E-state index in [0.717, 1.165) is 0 Å². The van der Waals surface area contributed by atoms with Crippen LogP contribution in [0.3, 0.4) is 0 Å². The van der Waals surface area contributed by atoms with Gasteiger partial charge >= 0.3 is 5.97 Å². The first-order chi connectivity index (χ1) is 6.15. The molecular formula is C7H11N3O3. The molecule has 1 aromatic rings. The minimum atomic E-state index is -1.21. The molecule has 1 atom stereocenters. The second-order valence-corrected chi connectivity index (χ2v) is 2.48. The Bertz CT molecular complexity index is 297. The maximum absolute atomic E-state index is 10.8. The molecule has 0 aromatic carbocycles. The number of nitrogen functional groups attached to an aromatic ring is 1. The van der Waals surface area contributed by atoms with Gasteiger partial charge in [-0.15, -0.1) is 0 Å². The normalized spacial score (nSPS) is 12.5. The van der Waals surface area contributed by atoms with E-state index in [-0.39, 0.29) is 12.5 Å². The monoisotopic (exact) mass is 185 g/mol. The summed E-state index contributed by atoms with van der Waals surface area (Å²) in [4.78, 5) is 14.5. The number of carbonyl (C=O) groups excluding carboxylic acids is 1. The summed E-state index contributed by atoms with van der Waals surface area (Å²) in [5.74, 6) is -0.434. The predicted molar refractivity (Wildman–Crippen MR) is 44.7 cm³/mol. The average molecular weight is 185 g/mol. The molecule has 0 saturated carbocycles. The minimum Gasteiger partial charge on any atom is -0.467 e. The van der Waals surface area contributed by atoms with Gasteiger partial charge in [0, 0.05) is 12.4 Å². The van der Waals surface area contributed by atoms with Gasteiger partial charge in [0.25, 0.3) is 0 Å². The Morgan fingerprint density at radius 3 is 3.08 bits per heavy atom. The van der Waals surface area contributed by atoms with Crippen LogP contribution in [0.5, 0.6) is 0 Å². The lowest BCUT2D eigenvalue weighted by atomic mass is 10.3. The van der Waals surface area contributed by atoms with Crippen molar-refractivity contribution in [1.82, 2.24) is 9.55 Å². The maximum atomic E-state index is 10.8. The van der Waals surface area contributed by atoms with Crippen LogP contribution < -0.4 is 5.73 Å². The number of rotatable bonds is 3. The third kappa shape index (κ3) is 2.19. The van der Waals surface area contributed by atoms with Crippen LogP contribution in [0.4, 0.5) is 5.95 Å². The van der Waals surface area contributed by atoms with Crippen LogP contribution >= 0.6 is 0 Å². The third-order valence-electron chi connectivity index (χ3n) is 1.59. The average Bonchev–Trinajstić information content (AvgIpc) is 2.50. The van der Waals surface area contributed by atoms with E-state index in [1.807, 2.05) is 0 Å². The van der Waals surface area contributed by atoms with Crippen molar-refractivity contribution in [2.75, 3.05) is 12.8 Å². The second-order valence-electron chi connectivity index (χ2n) is 2.48. The minimum absolute atomic E-state index is 0.0541. The summed E-state index contributed by atoms with van der Waals surface area (Å²) < 4.78 is 5.80. The SMILES string of the molecule is COC(=O)C(O)Cn1ccnc1N. The van der Waals surface area contributed by atoms with Crippen LogP contribution in [0.15, 0.2) is 12.4 Å². The number of ether oxygens (including phenoxy) is 1. The zero-order valence-corrected chi connectivity index (χ0v) is 7.17. The van der Waals surface area contributed by atoms with Crippen LogP contribution in [-0.2, 0) is 16.1 Å². The van der Waals surface area contributed by atoms with Crippen molar-refractivity contribution < 1.29 is 14.6 Å². The number of aromatic nitrogens is 2. The number of nitrogens with zero attached hydrogens (tertiary/aromatic N) is 2. The van der Waals surface area contributed by atoms with Gasteiger partial charge in [-0.2, -0.15) is 0 Å². The lowest BCUT2D eigenvalue weighted by Crippen LogP contribution is -2.27. The lowest BCUT2D eigenvalue weighted by Gasteiger charge is -2.09. The molecule has 0 radical (unpaired) electrons.